The van der Waals surface area contributed by atoms with Crippen LogP contribution in [0.2, 0.25) is 0 Å². The largest absolute Gasteiger partial charge is 0.508 e. The quantitative estimate of drug-likeness (QED) is 0.551. The Balaban J connectivity index is 0.000000354. The van der Waals surface area contributed by atoms with Crippen molar-refractivity contribution in [2.24, 2.45) is 0 Å². The van der Waals surface area contributed by atoms with E-state index in [1.807, 2.05) is 0 Å². The van der Waals surface area contributed by atoms with Crippen LogP contribution in [-0.4, -0.2) is 21.9 Å². The molecule has 0 aliphatic heterocycles. The van der Waals surface area contributed by atoms with Gasteiger partial charge in [0.05, 0.1) is 0 Å². The third-order valence-corrected chi connectivity index (χ3v) is 1.28. The van der Waals surface area contributed by atoms with Crippen molar-refractivity contribution in [1.82, 2.24) is 0 Å². The van der Waals surface area contributed by atoms with Crippen LogP contribution in [0.4, 0.5) is 0 Å². The molecule has 0 radical (unpaired) electrons. The lowest BCUT2D eigenvalue weighted by Crippen LogP contribution is -1.73. The van der Waals surface area contributed by atoms with Crippen LogP contribution in [0.5, 0.6) is 11.5 Å². The van der Waals surface area contributed by atoms with E-state index in [0.29, 0.717) is 5.56 Å². The van der Waals surface area contributed by atoms with Crippen LogP contribution in [0.25, 0.3) is 0 Å². The summed E-state index contributed by atoms with van der Waals surface area (Å²) in [6, 6.07) is 4.67. The van der Waals surface area contributed by atoms with Crippen LogP contribution in [0.1, 0.15) is 12.5 Å². The minimum atomic E-state index is 0.134. The minimum Gasteiger partial charge on any atom is -0.508 e. The number of aliphatic hydroxyl groups excluding tert-OH is 1. The second-order valence-corrected chi connectivity index (χ2v) is 2.24. The molecule has 0 aliphatic rings. The van der Waals surface area contributed by atoms with Gasteiger partial charge >= 0.3 is 0 Å². The molecule has 3 nitrogen and oxygen atoms in total. The van der Waals surface area contributed by atoms with Crippen LogP contribution < -0.4 is 0 Å². The number of phenolic OH excluding ortho intramolecular Hbond substituents is 2. The third kappa shape index (κ3) is 3.25. The molecule has 0 saturated heterocycles. The summed E-state index contributed by atoms with van der Waals surface area (Å²) in [5.74, 6) is 0.269. The topological polar surface area (TPSA) is 60.7 Å². The van der Waals surface area contributed by atoms with E-state index in [4.69, 9.17) is 15.3 Å². The lowest BCUT2D eigenvalue weighted by molar-refractivity contribution is 0.318. The Morgan fingerprint density at radius 2 is 1.50 bits per heavy atom. The molecule has 3 N–H and O–H groups in total. The van der Waals surface area contributed by atoms with Crippen LogP contribution >= 0.6 is 0 Å². The Hall–Kier alpha value is -1.22. The summed E-state index contributed by atoms with van der Waals surface area (Å²) in [5.41, 5.74) is 0.525. The Kier molecular flexibility index (Phi) is 4.88. The van der Waals surface area contributed by atoms with Gasteiger partial charge < -0.3 is 15.3 Å². The summed E-state index contributed by atoms with van der Waals surface area (Å²) in [6.07, 6.45) is 0. The van der Waals surface area contributed by atoms with Gasteiger partial charge in [-0.25, -0.2) is 0 Å². The van der Waals surface area contributed by atoms with E-state index in [-0.39, 0.29) is 18.1 Å². The molecule has 0 saturated carbocycles. The maximum atomic E-state index is 8.94. The number of hydrogen-bond acceptors (Lipinski definition) is 3. The average molecular weight is 170 g/mol. The van der Waals surface area contributed by atoms with Gasteiger partial charge in [0.2, 0.25) is 0 Å². The van der Waals surface area contributed by atoms with Gasteiger partial charge in [0.15, 0.2) is 0 Å². The van der Waals surface area contributed by atoms with Gasteiger partial charge in [-0.15, -0.1) is 0 Å². The Morgan fingerprint density at radius 1 is 1.17 bits per heavy atom. The smallest absolute Gasteiger partial charge is 0.122 e. The van der Waals surface area contributed by atoms with Crippen molar-refractivity contribution in [1.29, 1.82) is 0 Å². The molecular weight excluding hydrogens is 156 g/mol. The Morgan fingerprint density at radius 3 is 1.75 bits per heavy atom. The highest BCUT2D eigenvalue weighted by molar-refractivity contribution is 5.41. The molecule has 3 heteroatoms. The molecule has 0 heterocycles. The van der Waals surface area contributed by atoms with Gasteiger partial charge in [0.1, 0.15) is 11.5 Å². The lowest BCUT2D eigenvalue weighted by atomic mass is 10.2. The normalized spacial score (nSPS) is 8.58. The summed E-state index contributed by atoms with van der Waals surface area (Å²) in [6.45, 7) is 3.59. The van der Waals surface area contributed by atoms with Crippen molar-refractivity contribution in [2.75, 3.05) is 6.61 Å². The third-order valence-electron chi connectivity index (χ3n) is 1.28. The Bertz CT molecular complexity index is 213. The second kappa shape index (κ2) is 5.43. The van der Waals surface area contributed by atoms with E-state index in [1.165, 1.54) is 12.1 Å². The number of hydrogen-bond donors (Lipinski definition) is 3. The van der Waals surface area contributed by atoms with E-state index < -0.39 is 0 Å². The number of aliphatic hydroxyl groups is 1. The monoisotopic (exact) mass is 170 g/mol. The first kappa shape index (κ1) is 10.8. The van der Waals surface area contributed by atoms with Crippen molar-refractivity contribution in [3.8, 4) is 11.5 Å². The molecule has 0 fully saturated rings. The fourth-order valence-corrected chi connectivity index (χ4v) is 0.612. The van der Waals surface area contributed by atoms with Crippen molar-refractivity contribution < 1.29 is 15.3 Å². The Labute approximate surface area is 71.9 Å². The predicted molar refractivity (Wildman–Crippen MR) is 47.3 cm³/mol. The average Bonchev–Trinajstić information content (AvgIpc) is 2.02. The summed E-state index contributed by atoms with van der Waals surface area (Å²) in [5, 5.41) is 25.4. The zero-order valence-corrected chi connectivity index (χ0v) is 7.28. The van der Waals surface area contributed by atoms with Crippen LogP contribution in [0, 0.1) is 6.92 Å². The highest BCUT2D eigenvalue weighted by atomic mass is 16.3. The zero-order valence-electron chi connectivity index (χ0n) is 7.28. The van der Waals surface area contributed by atoms with Gasteiger partial charge in [-0.05, 0) is 26.0 Å². The van der Waals surface area contributed by atoms with E-state index in [2.05, 4.69) is 0 Å². The molecule has 0 bridgehead atoms. The SMILES string of the molecule is CCO.Cc1c(O)cccc1O. The van der Waals surface area contributed by atoms with Crippen molar-refractivity contribution >= 4 is 0 Å². The molecule has 0 unspecified atom stereocenters. The van der Waals surface area contributed by atoms with Gasteiger partial charge in [-0.2, -0.15) is 0 Å². The molecule has 12 heavy (non-hydrogen) atoms. The fourth-order valence-electron chi connectivity index (χ4n) is 0.612. The predicted octanol–water partition coefficient (Wildman–Crippen LogP) is 1.40. The van der Waals surface area contributed by atoms with Crippen molar-refractivity contribution in [2.45, 2.75) is 13.8 Å². The van der Waals surface area contributed by atoms with Crippen molar-refractivity contribution in [3.05, 3.63) is 23.8 Å². The lowest BCUT2D eigenvalue weighted by Gasteiger charge is -1.98. The molecule has 1 rings (SSSR count). The van der Waals surface area contributed by atoms with E-state index in [9.17, 15) is 0 Å². The first-order chi connectivity index (χ1) is 5.63. The first-order valence-corrected chi connectivity index (χ1v) is 3.71. The molecule has 0 amide bonds. The van der Waals surface area contributed by atoms with E-state index in [0.717, 1.165) is 0 Å². The van der Waals surface area contributed by atoms with Crippen LogP contribution in [-0.2, 0) is 0 Å². The standard InChI is InChI=1S/C7H8O2.C2H6O/c1-5-6(8)3-2-4-7(5)9;1-2-3/h2-4,8-9H,1H3;3H,2H2,1H3. The molecule has 1 aromatic carbocycles. The number of benzene rings is 1. The molecule has 0 aliphatic carbocycles. The summed E-state index contributed by atoms with van der Waals surface area (Å²) in [4.78, 5) is 0. The molecular formula is C9H14O3. The molecule has 0 spiro atoms. The zero-order chi connectivity index (χ0) is 9.56. The molecule has 0 aromatic heterocycles. The van der Waals surface area contributed by atoms with E-state index >= 15 is 0 Å². The molecule has 1 aromatic rings. The number of phenols is 2. The summed E-state index contributed by atoms with van der Waals surface area (Å²) < 4.78 is 0. The maximum Gasteiger partial charge on any atom is 0.122 e. The summed E-state index contributed by atoms with van der Waals surface area (Å²) in [7, 11) is 0. The number of aromatic hydroxyl groups is 2. The van der Waals surface area contributed by atoms with Gasteiger partial charge in [0.25, 0.3) is 0 Å². The summed E-state index contributed by atoms with van der Waals surface area (Å²) >= 11 is 0. The minimum absolute atomic E-state index is 0.134. The fraction of sp³-hybridized carbons (Fsp3) is 0.333. The second-order valence-electron chi connectivity index (χ2n) is 2.24. The highest BCUT2D eigenvalue weighted by Crippen LogP contribution is 2.23. The van der Waals surface area contributed by atoms with Crippen LogP contribution in [0.15, 0.2) is 18.2 Å². The highest BCUT2D eigenvalue weighted by Gasteiger charge is 1.97. The van der Waals surface area contributed by atoms with Crippen LogP contribution in [0.3, 0.4) is 0 Å². The molecule has 68 valence electrons. The maximum absolute atomic E-state index is 8.94. The number of rotatable bonds is 0. The van der Waals surface area contributed by atoms with Gasteiger partial charge in [-0.3, -0.25) is 0 Å². The van der Waals surface area contributed by atoms with Crippen molar-refractivity contribution in [3.63, 3.8) is 0 Å². The molecule has 0 atom stereocenters. The van der Waals surface area contributed by atoms with E-state index in [1.54, 1.807) is 19.9 Å². The van der Waals surface area contributed by atoms with Gasteiger partial charge in [0, 0.05) is 12.2 Å². The van der Waals surface area contributed by atoms with Gasteiger partial charge in [-0.1, -0.05) is 6.07 Å². The first-order valence-electron chi connectivity index (χ1n) is 3.71.